The van der Waals surface area contributed by atoms with Gasteiger partial charge in [-0.1, -0.05) is 55.4 Å². The number of benzene rings is 2. The molecule has 5 aromatic rings. The Balaban J connectivity index is 1.54. The molecule has 0 aliphatic carbocycles. The molecule has 0 saturated carbocycles. The number of fused-ring (bicyclic) bond motifs is 1. The molecule has 0 bridgehead atoms. The fourth-order valence-corrected chi connectivity index (χ4v) is 4.00. The van der Waals surface area contributed by atoms with Gasteiger partial charge < -0.3 is 14.1 Å². The molecule has 5 rings (SSSR count). The van der Waals surface area contributed by atoms with E-state index >= 15 is 0 Å². The molecule has 3 aromatic heterocycles. The summed E-state index contributed by atoms with van der Waals surface area (Å²) in [4.78, 5) is 24.4. The van der Waals surface area contributed by atoms with Gasteiger partial charge in [0.05, 0.1) is 5.52 Å². The smallest absolute Gasteiger partial charge is 0.274 e. The lowest BCUT2D eigenvalue weighted by atomic mass is 10.0. The topological polar surface area (TPSA) is 89.6 Å². The van der Waals surface area contributed by atoms with E-state index in [4.69, 9.17) is 9.51 Å². The van der Waals surface area contributed by atoms with Gasteiger partial charge in [0.1, 0.15) is 11.3 Å². The van der Waals surface area contributed by atoms with Crippen LogP contribution in [0.2, 0.25) is 0 Å². The van der Waals surface area contributed by atoms with Crippen LogP contribution >= 0.6 is 0 Å². The molecule has 0 radical (unpaired) electrons. The van der Waals surface area contributed by atoms with Crippen molar-refractivity contribution in [1.29, 1.82) is 0 Å². The number of hydrogen-bond donors (Lipinski definition) is 1. The fraction of sp³-hybridized carbons (Fsp3) is 0.200. The highest BCUT2D eigenvalue weighted by Gasteiger charge is 2.16. The van der Waals surface area contributed by atoms with Gasteiger partial charge >= 0.3 is 0 Å². The lowest BCUT2D eigenvalue weighted by Gasteiger charge is -2.12. The zero-order valence-corrected chi connectivity index (χ0v) is 18.2. The van der Waals surface area contributed by atoms with Crippen molar-refractivity contribution >= 4 is 11.0 Å². The third-order valence-corrected chi connectivity index (χ3v) is 5.46. The second-order valence-electron chi connectivity index (χ2n) is 8.17. The summed E-state index contributed by atoms with van der Waals surface area (Å²) in [6.07, 6.45) is 1.64. The average Bonchev–Trinajstić information content (AvgIpc) is 3.39. The summed E-state index contributed by atoms with van der Waals surface area (Å²) in [6, 6.07) is 18.3. The molecule has 0 fully saturated rings. The Morgan fingerprint density at radius 2 is 1.75 bits per heavy atom. The van der Waals surface area contributed by atoms with Gasteiger partial charge in [0, 0.05) is 31.1 Å². The highest BCUT2D eigenvalue weighted by molar-refractivity contribution is 5.75. The molecule has 32 heavy (non-hydrogen) atoms. The zero-order valence-electron chi connectivity index (χ0n) is 18.2. The summed E-state index contributed by atoms with van der Waals surface area (Å²) < 4.78 is 7.14. The minimum Gasteiger partial charge on any atom is -0.339 e. The maximum absolute atomic E-state index is 12.6. The molecular weight excluding hydrogens is 402 g/mol. The van der Waals surface area contributed by atoms with Crippen LogP contribution in [0, 0.1) is 6.92 Å². The van der Waals surface area contributed by atoms with Crippen LogP contribution in [0.5, 0.6) is 0 Å². The van der Waals surface area contributed by atoms with Crippen LogP contribution in [0.4, 0.5) is 0 Å². The average molecular weight is 425 g/mol. The Kier molecular flexibility index (Phi) is 4.93. The molecule has 1 N–H and O–H groups in total. The quantitative estimate of drug-likeness (QED) is 0.432. The molecule has 3 heterocycles. The molecule has 7 heteroatoms. The van der Waals surface area contributed by atoms with E-state index in [-0.39, 0.29) is 11.5 Å². The summed E-state index contributed by atoms with van der Waals surface area (Å²) >= 11 is 0. The number of aromatic amines is 1. The van der Waals surface area contributed by atoms with Gasteiger partial charge in [0.2, 0.25) is 11.7 Å². The monoisotopic (exact) mass is 425 g/mol. The van der Waals surface area contributed by atoms with Crippen molar-refractivity contribution in [2.75, 3.05) is 0 Å². The van der Waals surface area contributed by atoms with E-state index in [0.717, 1.165) is 33.6 Å². The second kappa shape index (κ2) is 7.92. The molecule has 160 valence electrons. The first-order valence-corrected chi connectivity index (χ1v) is 10.6. The number of nitrogens with one attached hydrogen (secondary N) is 1. The highest BCUT2D eigenvalue weighted by atomic mass is 16.5. The number of H-pyrrole nitrogens is 1. The SMILES string of the molecule is Cc1nc(-c2cccc(-c3cccc(Cn4c(C(C)C)nc5cc[nH]c(=O)c54)c3)c2)no1. The lowest BCUT2D eigenvalue weighted by molar-refractivity contribution is 0.394. The molecule has 0 atom stereocenters. The predicted octanol–water partition coefficient (Wildman–Crippen LogP) is 4.92. The van der Waals surface area contributed by atoms with Crippen molar-refractivity contribution in [3.05, 3.63) is 88.4 Å². The number of aryl methyl sites for hydroxylation is 1. The van der Waals surface area contributed by atoms with Crippen molar-refractivity contribution in [3.8, 4) is 22.5 Å². The number of rotatable bonds is 5. The Bertz CT molecular complexity index is 1480. The van der Waals surface area contributed by atoms with E-state index in [9.17, 15) is 4.79 Å². The number of hydrogen-bond acceptors (Lipinski definition) is 5. The summed E-state index contributed by atoms with van der Waals surface area (Å²) in [5.74, 6) is 2.21. The molecular formula is C25H23N5O2. The van der Waals surface area contributed by atoms with Gasteiger partial charge in [-0.25, -0.2) is 4.98 Å². The first kappa shape index (κ1) is 19.9. The normalized spacial score (nSPS) is 11.5. The van der Waals surface area contributed by atoms with E-state index in [0.29, 0.717) is 23.8 Å². The molecule has 7 nitrogen and oxygen atoms in total. The summed E-state index contributed by atoms with van der Waals surface area (Å²) in [5.41, 5.74) is 5.33. The van der Waals surface area contributed by atoms with Crippen LogP contribution in [0.3, 0.4) is 0 Å². The minimum absolute atomic E-state index is 0.124. The first-order valence-electron chi connectivity index (χ1n) is 10.6. The Labute approximate surface area is 184 Å². The van der Waals surface area contributed by atoms with E-state index in [1.54, 1.807) is 13.1 Å². The van der Waals surface area contributed by atoms with Crippen molar-refractivity contribution < 1.29 is 4.52 Å². The van der Waals surface area contributed by atoms with Gasteiger partial charge in [-0.2, -0.15) is 4.98 Å². The van der Waals surface area contributed by atoms with E-state index in [1.165, 1.54) is 0 Å². The van der Waals surface area contributed by atoms with Crippen molar-refractivity contribution in [1.82, 2.24) is 24.7 Å². The van der Waals surface area contributed by atoms with Gasteiger partial charge in [-0.15, -0.1) is 0 Å². The summed E-state index contributed by atoms with van der Waals surface area (Å²) in [6.45, 7) is 6.52. The molecule has 0 amide bonds. The minimum atomic E-state index is -0.124. The lowest BCUT2D eigenvalue weighted by Crippen LogP contribution is -2.13. The van der Waals surface area contributed by atoms with E-state index in [2.05, 4.69) is 59.3 Å². The van der Waals surface area contributed by atoms with Crippen molar-refractivity contribution in [2.45, 2.75) is 33.2 Å². The van der Waals surface area contributed by atoms with Crippen LogP contribution in [0.1, 0.15) is 37.0 Å². The number of pyridine rings is 1. The van der Waals surface area contributed by atoms with Crippen LogP contribution in [-0.4, -0.2) is 24.7 Å². The summed E-state index contributed by atoms with van der Waals surface area (Å²) in [5, 5.41) is 4.02. The zero-order chi connectivity index (χ0) is 22.2. The molecule has 0 aliphatic heterocycles. The number of imidazole rings is 1. The fourth-order valence-electron chi connectivity index (χ4n) is 4.00. The molecule has 0 unspecified atom stereocenters. The number of nitrogens with zero attached hydrogens (tertiary/aromatic N) is 4. The maximum atomic E-state index is 12.6. The van der Waals surface area contributed by atoms with Crippen LogP contribution in [0.25, 0.3) is 33.5 Å². The second-order valence-corrected chi connectivity index (χ2v) is 8.17. The maximum Gasteiger partial charge on any atom is 0.274 e. The Hall–Kier alpha value is -4.00. The van der Waals surface area contributed by atoms with Crippen molar-refractivity contribution in [3.63, 3.8) is 0 Å². The van der Waals surface area contributed by atoms with Gasteiger partial charge in [-0.3, -0.25) is 4.79 Å². The molecule has 0 spiro atoms. The van der Waals surface area contributed by atoms with Crippen LogP contribution in [0.15, 0.2) is 70.1 Å². The molecule has 0 aliphatic rings. The van der Waals surface area contributed by atoms with Gasteiger partial charge in [0.15, 0.2) is 0 Å². The largest absolute Gasteiger partial charge is 0.339 e. The third-order valence-electron chi connectivity index (χ3n) is 5.46. The highest BCUT2D eigenvalue weighted by Crippen LogP contribution is 2.27. The van der Waals surface area contributed by atoms with E-state index in [1.807, 2.05) is 28.8 Å². The summed E-state index contributed by atoms with van der Waals surface area (Å²) in [7, 11) is 0. The third kappa shape index (κ3) is 3.62. The predicted molar refractivity (Wildman–Crippen MR) is 123 cm³/mol. The standard InChI is InChI=1S/C25H23N5O2/c1-15(2)24-28-21-10-11-26-25(31)22(21)30(24)14-17-6-4-7-18(12-17)19-8-5-9-20(13-19)23-27-16(3)32-29-23/h4-13,15H,14H2,1-3H3,(H,26,31). The Morgan fingerprint density at radius 3 is 2.50 bits per heavy atom. The number of aromatic nitrogens is 5. The van der Waals surface area contributed by atoms with Crippen LogP contribution < -0.4 is 5.56 Å². The van der Waals surface area contributed by atoms with Crippen molar-refractivity contribution in [2.24, 2.45) is 0 Å². The van der Waals surface area contributed by atoms with Gasteiger partial charge in [-0.05, 0) is 34.9 Å². The van der Waals surface area contributed by atoms with Gasteiger partial charge in [0.25, 0.3) is 5.56 Å². The first-order chi connectivity index (χ1) is 15.5. The molecule has 2 aromatic carbocycles. The Morgan fingerprint density at radius 1 is 1.00 bits per heavy atom. The molecule has 0 saturated heterocycles. The van der Waals surface area contributed by atoms with Crippen LogP contribution in [-0.2, 0) is 6.54 Å². The van der Waals surface area contributed by atoms with E-state index < -0.39 is 0 Å².